The molecule has 0 radical (unpaired) electrons. The van der Waals surface area contributed by atoms with Crippen molar-refractivity contribution in [3.05, 3.63) is 28.3 Å². The van der Waals surface area contributed by atoms with Crippen LogP contribution in [0.5, 0.6) is 5.75 Å². The van der Waals surface area contributed by atoms with Crippen LogP contribution in [0.3, 0.4) is 0 Å². The van der Waals surface area contributed by atoms with Crippen LogP contribution < -0.4 is 10.1 Å². The van der Waals surface area contributed by atoms with Crippen LogP contribution in [0.4, 0.5) is 11.4 Å². The summed E-state index contributed by atoms with van der Waals surface area (Å²) in [5.74, 6) is 2.30. The first-order valence-corrected chi connectivity index (χ1v) is 7.69. The smallest absolute Gasteiger partial charge is 0.271 e. The Bertz CT molecular complexity index is 602. The summed E-state index contributed by atoms with van der Waals surface area (Å²) in [6.07, 6.45) is 5.44. The summed E-state index contributed by atoms with van der Waals surface area (Å²) < 4.78 is 5.16. The second-order valence-corrected chi connectivity index (χ2v) is 6.33. The van der Waals surface area contributed by atoms with Crippen LogP contribution in [0.15, 0.2) is 18.2 Å². The molecule has 2 aliphatic rings. The summed E-state index contributed by atoms with van der Waals surface area (Å²) in [6, 6.07) is 4.22. The monoisotopic (exact) mass is 304 g/mol. The number of anilines is 1. The number of nitro groups is 1. The SMILES string of the molecule is COc1ccc([N+](=O)[O-])cc1NC(=O)C[C@@H]1C[C@H]2CC[C@H]1C2. The number of hydrogen-bond acceptors (Lipinski definition) is 4. The standard InChI is InChI=1S/C16H20N2O4/c1-22-15-5-4-13(18(20)21)9-14(15)17-16(19)8-12-7-10-2-3-11(12)6-10/h4-5,9-12H,2-3,6-8H2,1H3,(H,17,19)/t10-,11-,12-/m0/s1. The molecular weight excluding hydrogens is 284 g/mol. The number of ether oxygens (including phenoxy) is 1. The lowest BCUT2D eigenvalue weighted by Crippen LogP contribution is -2.20. The molecule has 6 nitrogen and oxygen atoms in total. The highest BCUT2D eigenvalue weighted by Crippen LogP contribution is 2.49. The summed E-state index contributed by atoms with van der Waals surface area (Å²) in [4.78, 5) is 22.6. The minimum Gasteiger partial charge on any atom is -0.495 e. The van der Waals surface area contributed by atoms with Crippen molar-refractivity contribution in [1.29, 1.82) is 0 Å². The van der Waals surface area contributed by atoms with E-state index in [1.54, 1.807) is 0 Å². The van der Waals surface area contributed by atoms with E-state index in [4.69, 9.17) is 4.74 Å². The van der Waals surface area contributed by atoms with Crippen molar-refractivity contribution in [3.8, 4) is 5.75 Å². The fourth-order valence-electron chi connectivity index (χ4n) is 3.97. The average Bonchev–Trinajstić information content (AvgIpc) is 3.09. The Morgan fingerprint density at radius 1 is 1.41 bits per heavy atom. The number of benzene rings is 1. The summed E-state index contributed by atoms with van der Waals surface area (Å²) in [5, 5.41) is 13.6. The van der Waals surface area contributed by atoms with Gasteiger partial charge in [-0.3, -0.25) is 14.9 Å². The van der Waals surface area contributed by atoms with Crippen molar-refractivity contribution in [2.24, 2.45) is 17.8 Å². The number of nitrogens with one attached hydrogen (secondary N) is 1. The van der Waals surface area contributed by atoms with E-state index in [2.05, 4.69) is 5.32 Å². The molecule has 0 spiro atoms. The summed E-state index contributed by atoms with van der Waals surface area (Å²) >= 11 is 0. The highest BCUT2D eigenvalue weighted by molar-refractivity contribution is 5.92. The predicted molar refractivity (Wildman–Crippen MR) is 81.8 cm³/mol. The van der Waals surface area contributed by atoms with Crippen molar-refractivity contribution in [1.82, 2.24) is 0 Å². The van der Waals surface area contributed by atoms with Crippen molar-refractivity contribution >= 4 is 17.3 Å². The molecule has 1 amide bonds. The lowest BCUT2D eigenvalue weighted by molar-refractivity contribution is -0.384. The number of rotatable bonds is 5. The highest BCUT2D eigenvalue weighted by Gasteiger charge is 2.40. The molecule has 0 unspecified atom stereocenters. The maximum absolute atomic E-state index is 12.3. The molecule has 0 aromatic heterocycles. The van der Waals surface area contributed by atoms with Gasteiger partial charge < -0.3 is 10.1 Å². The van der Waals surface area contributed by atoms with E-state index in [0.717, 1.165) is 12.3 Å². The van der Waals surface area contributed by atoms with E-state index < -0.39 is 4.92 Å². The molecule has 1 aromatic carbocycles. The zero-order valence-corrected chi connectivity index (χ0v) is 12.6. The maximum atomic E-state index is 12.3. The van der Waals surface area contributed by atoms with Crippen LogP contribution in [0.2, 0.25) is 0 Å². The molecule has 0 saturated heterocycles. The van der Waals surface area contributed by atoms with Gasteiger partial charge in [-0.15, -0.1) is 0 Å². The van der Waals surface area contributed by atoms with Crippen LogP contribution in [0.1, 0.15) is 32.1 Å². The maximum Gasteiger partial charge on any atom is 0.271 e. The molecule has 2 bridgehead atoms. The van der Waals surface area contributed by atoms with Crippen LogP contribution >= 0.6 is 0 Å². The lowest BCUT2D eigenvalue weighted by atomic mass is 9.86. The minimum atomic E-state index is -0.481. The average molecular weight is 304 g/mol. The van der Waals surface area contributed by atoms with E-state index in [9.17, 15) is 14.9 Å². The molecular formula is C16H20N2O4. The molecule has 0 heterocycles. The molecule has 22 heavy (non-hydrogen) atoms. The number of hydrogen-bond donors (Lipinski definition) is 1. The van der Waals surface area contributed by atoms with Gasteiger partial charge in [0.05, 0.1) is 17.7 Å². The van der Waals surface area contributed by atoms with Crippen molar-refractivity contribution in [2.75, 3.05) is 12.4 Å². The Hall–Kier alpha value is -2.11. The molecule has 1 N–H and O–H groups in total. The first-order valence-electron chi connectivity index (χ1n) is 7.69. The van der Waals surface area contributed by atoms with E-state index >= 15 is 0 Å². The number of carbonyl (C=O) groups excluding carboxylic acids is 1. The van der Waals surface area contributed by atoms with E-state index in [-0.39, 0.29) is 11.6 Å². The number of fused-ring (bicyclic) bond motifs is 2. The second kappa shape index (κ2) is 5.94. The quantitative estimate of drug-likeness (QED) is 0.668. The Balaban J connectivity index is 1.67. The van der Waals surface area contributed by atoms with Crippen molar-refractivity contribution in [2.45, 2.75) is 32.1 Å². The fourth-order valence-corrected chi connectivity index (χ4v) is 3.97. The first-order chi connectivity index (χ1) is 10.6. The number of nitrogens with zero attached hydrogens (tertiary/aromatic N) is 1. The first kappa shape index (κ1) is 14.8. The van der Waals surface area contributed by atoms with Crippen LogP contribution in [-0.4, -0.2) is 17.9 Å². The molecule has 6 heteroatoms. The third-order valence-corrected chi connectivity index (χ3v) is 5.00. The lowest BCUT2D eigenvalue weighted by Gasteiger charge is -2.21. The second-order valence-electron chi connectivity index (χ2n) is 6.33. The minimum absolute atomic E-state index is 0.0592. The number of non-ortho nitro benzene ring substituents is 1. The molecule has 2 saturated carbocycles. The number of carbonyl (C=O) groups is 1. The molecule has 2 aliphatic carbocycles. The fraction of sp³-hybridized carbons (Fsp3) is 0.562. The Morgan fingerprint density at radius 3 is 2.82 bits per heavy atom. The summed E-state index contributed by atoms with van der Waals surface area (Å²) in [7, 11) is 1.48. The molecule has 3 rings (SSSR count). The summed E-state index contributed by atoms with van der Waals surface area (Å²) in [5.41, 5.74) is 0.306. The third-order valence-electron chi connectivity index (χ3n) is 5.00. The van der Waals surface area contributed by atoms with Gasteiger partial charge in [0.25, 0.3) is 5.69 Å². The molecule has 0 aliphatic heterocycles. The molecule has 3 atom stereocenters. The van der Waals surface area contributed by atoms with Gasteiger partial charge in [0.1, 0.15) is 5.75 Å². The predicted octanol–water partition coefficient (Wildman–Crippen LogP) is 3.37. The Labute approximate surface area is 129 Å². The largest absolute Gasteiger partial charge is 0.495 e. The van der Waals surface area contributed by atoms with E-state index in [1.165, 1.54) is 44.6 Å². The van der Waals surface area contributed by atoms with Gasteiger partial charge in [0.15, 0.2) is 0 Å². The number of nitro benzene ring substituents is 1. The number of methoxy groups -OCH3 is 1. The van der Waals surface area contributed by atoms with Gasteiger partial charge in [-0.25, -0.2) is 0 Å². The molecule has 1 aromatic rings. The van der Waals surface area contributed by atoms with E-state index in [1.807, 2.05) is 0 Å². The van der Waals surface area contributed by atoms with Gasteiger partial charge in [0.2, 0.25) is 5.91 Å². The van der Waals surface area contributed by atoms with Crippen LogP contribution in [0, 0.1) is 27.9 Å². The zero-order valence-electron chi connectivity index (χ0n) is 12.6. The van der Waals surface area contributed by atoms with Crippen molar-refractivity contribution in [3.63, 3.8) is 0 Å². The normalized spacial score (nSPS) is 26.0. The molecule has 2 fully saturated rings. The Morgan fingerprint density at radius 2 is 2.23 bits per heavy atom. The van der Waals surface area contributed by atoms with E-state index in [0.29, 0.717) is 29.7 Å². The highest BCUT2D eigenvalue weighted by atomic mass is 16.6. The van der Waals surface area contributed by atoms with Crippen LogP contribution in [-0.2, 0) is 4.79 Å². The van der Waals surface area contributed by atoms with Gasteiger partial charge in [-0.2, -0.15) is 0 Å². The van der Waals surface area contributed by atoms with Gasteiger partial charge in [-0.1, -0.05) is 6.42 Å². The van der Waals surface area contributed by atoms with Gasteiger partial charge in [0, 0.05) is 18.6 Å². The summed E-state index contributed by atoms with van der Waals surface area (Å²) in [6.45, 7) is 0. The van der Waals surface area contributed by atoms with Crippen molar-refractivity contribution < 1.29 is 14.5 Å². The topological polar surface area (TPSA) is 81.5 Å². The Kier molecular flexibility index (Phi) is 4.00. The van der Waals surface area contributed by atoms with Crippen LogP contribution in [0.25, 0.3) is 0 Å². The molecule has 118 valence electrons. The van der Waals surface area contributed by atoms with Gasteiger partial charge in [-0.05, 0) is 43.1 Å². The zero-order chi connectivity index (χ0) is 15.7. The third kappa shape index (κ3) is 2.91. The van der Waals surface area contributed by atoms with Gasteiger partial charge >= 0.3 is 0 Å². The number of amides is 1.